The van der Waals surface area contributed by atoms with Crippen LogP contribution in [0, 0.1) is 0 Å². The molecule has 1 heterocycles. The maximum atomic E-state index is 11.3. The Morgan fingerprint density at radius 1 is 1.12 bits per heavy atom. The summed E-state index contributed by atoms with van der Waals surface area (Å²) in [5.41, 5.74) is 3.65. The van der Waals surface area contributed by atoms with E-state index in [0.717, 1.165) is 16.5 Å². The van der Waals surface area contributed by atoms with Crippen molar-refractivity contribution in [1.29, 1.82) is 0 Å². The van der Waals surface area contributed by atoms with Crippen molar-refractivity contribution in [2.45, 2.75) is 32.2 Å². The molecule has 1 atom stereocenters. The second kappa shape index (κ2) is 7.87. The van der Waals surface area contributed by atoms with Crippen LogP contribution < -0.4 is 5.11 Å². The van der Waals surface area contributed by atoms with Gasteiger partial charge in [-0.2, -0.15) is 0 Å². The van der Waals surface area contributed by atoms with Gasteiger partial charge in [0.15, 0.2) is 0 Å². The van der Waals surface area contributed by atoms with Gasteiger partial charge in [0, 0.05) is 29.6 Å². The van der Waals surface area contributed by atoms with Crippen LogP contribution in [0.15, 0.2) is 65.9 Å². The summed E-state index contributed by atoms with van der Waals surface area (Å²) in [7, 11) is 0. The lowest BCUT2D eigenvalue weighted by Gasteiger charge is -2.16. The highest BCUT2D eigenvalue weighted by Gasteiger charge is 2.19. The fraction of sp³-hybridized carbons (Fsp3) is 0.238. The van der Waals surface area contributed by atoms with E-state index < -0.39 is 5.97 Å². The zero-order chi connectivity index (χ0) is 18.5. The summed E-state index contributed by atoms with van der Waals surface area (Å²) < 4.78 is 2.13. The van der Waals surface area contributed by atoms with E-state index in [1.54, 1.807) is 6.92 Å². The molecule has 5 heteroatoms. The standard InChI is InChI=1S/C21H22N2O3/c1-15(22-26)11-17(12-21(24)25)19-14-23(13-16-7-3-2-4-8-16)20-10-6-5-9-18(19)20/h2-10,14,17,26H,11-13H2,1H3,(H,24,25)/p-1. The highest BCUT2D eigenvalue weighted by Crippen LogP contribution is 2.32. The van der Waals surface area contributed by atoms with Crippen molar-refractivity contribution in [3.63, 3.8) is 0 Å². The summed E-state index contributed by atoms with van der Waals surface area (Å²) in [6.45, 7) is 2.39. The number of para-hydroxylation sites is 1. The molecular formula is C21H21N2O3-. The third-order valence-corrected chi connectivity index (χ3v) is 4.58. The fourth-order valence-electron chi connectivity index (χ4n) is 3.40. The molecule has 0 radical (unpaired) electrons. The molecule has 1 unspecified atom stereocenters. The first-order chi connectivity index (χ1) is 12.6. The van der Waals surface area contributed by atoms with Crippen molar-refractivity contribution in [2.24, 2.45) is 5.16 Å². The maximum absolute atomic E-state index is 11.3. The predicted octanol–water partition coefficient (Wildman–Crippen LogP) is 3.15. The second-order valence-electron chi connectivity index (χ2n) is 6.53. The third kappa shape index (κ3) is 3.94. The first-order valence-corrected chi connectivity index (χ1v) is 8.57. The zero-order valence-electron chi connectivity index (χ0n) is 14.6. The van der Waals surface area contributed by atoms with Gasteiger partial charge < -0.3 is 19.7 Å². The van der Waals surface area contributed by atoms with Gasteiger partial charge in [-0.05, 0) is 42.9 Å². The Hall–Kier alpha value is -3.08. The minimum Gasteiger partial charge on any atom is -0.550 e. The Morgan fingerprint density at radius 3 is 2.50 bits per heavy atom. The van der Waals surface area contributed by atoms with Gasteiger partial charge in [0.05, 0.1) is 5.71 Å². The summed E-state index contributed by atoms with van der Waals surface area (Å²) in [6.07, 6.45) is 2.26. The van der Waals surface area contributed by atoms with Gasteiger partial charge in [0.1, 0.15) is 0 Å². The smallest absolute Gasteiger partial charge is 0.0546 e. The highest BCUT2D eigenvalue weighted by atomic mass is 16.4. The molecule has 0 aliphatic carbocycles. The fourth-order valence-corrected chi connectivity index (χ4v) is 3.40. The number of hydrogen-bond donors (Lipinski definition) is 1. The molecule has 0 saturated carbocycles. The van der Waals surface area contributed by atoms with E-state index in [1.807, 2.05) is 48.7 Å². The highest BCUT2D eigenvalue weighted by molar-refractivity contribution is 5.88. The molecule has 5 nitrogen and oxygen atoms in total. The third-order valence-electron chi connectivity index (χ3n) is 4.58. The van der Waals surface area contributed by atoms with E-state index in [4.69, 9.17) is 5.21 Å². The molecule has 3 rings (SSSR count). The van der Waals surface area contributed by atoms with Crippen LogP contribution in [0.3, 0.4) is 0 Å². The number of aliphatic carboxylic acids is 1. The molecule has 1 aromatic heterocycles. The number of rotatable bonds is 7. The van der Waals surface area contributed by atoms with E-state index >= 15 is 0 Å². The average molecular weight is 349 g/mol. The molecule has 0 saturated heterocycles. The quantitative estimate of drug-likeness (QED) is 0.404. The van der Waals surface area contributed by atoms with Crippen molar-refractivity contribution in [3.8, 4) is 0 Å². The number of nitrogens with zero attached hydrogens (tertiary/aromatic N) is 2. The van der Waals surface area contributed by atoms with Crippen LogP contribution in [0.25, 0.3) is 10.9 Å². The second-order valence-corrected chi connectivity index (χ2v) is 6.53. The van der Waals surface area contributed by atoms with Crippen LogP contribution in [0.5, 0.6) is 0 Å². The van der Waals surface area contributed by atoms with Gasteiger partial charge >= 0.3 is 0 Å². The predicted molar refractivity (Wildman–Crippen MR) is 99.4 cm³/mol. The number of carboxylic acids is 1. The average Bonchev–Trinajstić information content (AvgIpc) is 3.00. The van der Waals surface area contributed by atoms with Crippen LogP contribution in [0.2, 0.25) is 0 Å². The molecule has 0 spiro atoms. The Labute approximate surface area is 152 Å². The number of carbonyl (C=O) groups excluding carboxylic acids is 1. The summed E-state index contributed by atoms with van der Waals surface area (Å²) in [5, 5.41) is 24.5. The van der Waals surface area contributed by atoms with E-state index in [1.165, 1.54) is 5.56 Å². The Kier molecular flexibility index (Phi) is 5.37. The SMILES string of the molecule is CC(CC(CC(=O)[O-])c1cn(Cc2ccccc2)c2ccccc12)=NO. The molecule has 0 amide bonds. The topological polar surface area (TPSA) is 77.6 Å². The largest absolute Gasteiger partial charge is 0.550 e. The van der Waals surface area contributed by atoms with Crippen LogP contribution >= 0.6 is 0 Å². The van der Waals surface area contributed by atoms with Gasteiger partial charge in [-0.3, -0.25) is 0 Å². The summed E-state index contributed by atoms with van der Waals surface area (Å²) in [6, 6.07) is 18.1. The number of carboxylic acid groups (broad SMARTS) is 1. The molecule has 2 aromatic carbocycles. The van der Waals surface area contributed by atoms with Crippen LogP contribution in [-0.4, -0.2) is 21.5 Å². The van der Waals surface area contributed by atoms with Crippen molar-refractivity contribution in [1.82, 2.24) is 4.57 Å². The number of hydrogen-bond acceptors (Lipinski definition) is 4. The normalized spacial score (nSPS) is 13.0. The first kappa shape index (κ1) is 17.7. The van der Waals surface area contributed by atoms with Crippen LogP contribution in [0.1, 0.15) is 36.8 Å². The van der Waals surface area contributed by atoms with Gasteiger partial charge in [-0.1, -0.05) is 53.7 Å². The molecule has 0 aliphatic heterocycles. The Bertz CT molecular complexity index is 929. The number of benzene rings is 2. The van der Waals surface area contributed by atoms with Crippen molar-refractivity contribution in [3.05, 3.63) is 71.9 Å². The molecule has 0 aliphatic rings. The zero-order valence-corrected chi connectivity index (χ0v) is 14.6. The molecule has 134 valence electrons. The molecule has 3 aromatic rings. The lowest BCUT2D eigenvalue weighted by Crippen LogP contribution is -2.25. The van der Waals surface area contributed by atoms with Crippen molar-refractivity contribution < 1.29 is 15.1 Å². The summed E-state index contributed by atoms with van der Waals surface area (Å²) >= 11 is 0. The number of oxime groups is 1. The molecule has 0 bridgehead atoms. The number of fused-ring (bicyclic) bond motifs is 1. The minimum atomic E-state index is -1.11. The van der Waals surface area contributed by atoms with E-state index in [-0.39, 0.29) is 12.3 Å². The van der Waals surface area contributed by atoms with Crippen molar-refractivity contribution >= 4 is 22.6 Å². The number of aromatic nitrogens is 1. The van der Waals surface area contributed by atoms with Gasteiger partial charge in [0.25, 0.3) is 0 Å². The lowest BCUT2D eigenvalue weighted by atomic mass is 9.90. The van der Waals surface area contributed by atoms with Gasteiger partial charge in [-0.15, -0.1) is 0 Å². The van der Waals surface area contributed by atoms with Crippen LogP contribution in [0.4, 0.5) is 0 Å². The number of carbonyl (C=O) groups is 1. The van der Waals surface area contributed by atoms with E-state index in [0.29, 0.717) is 18.7 Å². The summed E-state index contributed by atoms with van der Waals surface area (Å²) in [5.74, 6) is -1.42. The molecular weight excluding hydrogens is 328 g/mol. The maximum Gasteiger partial charge on any atom is 0.0546 e. The summed E-state index contributed by atoms with van der Waals surface area (Å²) in [4.78, 5) is 11.3. The first-order valence-electron chi connectivity index (χ1n) is 8.57. The van der Waals surface area contributed by atoms with E-state index in [2.05, 4.69) is 21.9 Å². The Morgan fingerprint density at radius 2 is 1.81 bits per heavy atom. The lowest BCUT2D eigenvalue weighted by molar-refractivity contribution is -0.306. The van der Waals surface area contributed by atoms with Gasteiger partial charge in [0.2, 0.25) is 0 Å². The minimum absolute atomic E-state index is 0.119. The van der Waals surface area contributed by atoms with E-state index in [9.17, 15) is 9.90 Å². The molecule has 0 fully saturated rings. The van der Waals surface area contributed by atoms with Crippen molar-refractivity contribution in [2.75, 3.05) is 0 Å². The van der Waals surface area contributed by atoms with Crippen LogP contribution in [-0.2, 0) is 11.3 Å². The molecule has 26 heavy (non-hydrogen) atoms. The monoisotopic (exact) mass is 349 g/mol. The molecule has 1 N–H and O–H groups in total. The van der Waals surface area contributed by atoms with Gasteiger partial charge in [-0.25, -0.2) is 0 Å². The Balaban J connectivity index is 2.05.